The van der Waals surface area contributed by atoms with Gasteiger partial charge in [0.15, 0.2) is 0 Å². The molecule has 1 saturated heterocycles. The van der Waals surface area contributed by atoms with Crippen LogP contribution in [0.25, 0.3) is 0 Å². The zero-order valence-corrected chi connectivity index (χ0v) is 16.1. The lowest BCUT2D eigenvalue weighted by molar-refractivity contribution is -0.0331. The Balaban J connectivity index is 1.56. The molecule has 5 heteroatoms. The minimum absolute atomic E-state index is 0.348. The minimum atomic E-state index is -0.917. The summed E-state index contributed by atoms with van der Waals surface area (Å²) in [5, 5.41) is 14.3. The predicted molar refractivity (Wildman–Crippen MR) is 99.8 cm³/mol. The first-order valence-electron chi connectivity index (χ1n) is 9.55. The van der Waals surface area contributed by atoms with Crippen molar-refractivity contribution < 1.29 is 9.84 Å². The van der Waals surface area contributed by atoms with Gasteiger partial charge in [-0.05, 0) is 72.0 Å². The average molecular weight is 348 g/mol. The Bertz CT molecular complexity index is 584. The number of aromatic nitrogens is 1. The Morgan fingerprint density at radius 1 is 1.32 bits per heavy atom. The highest BCUT2D eigenvalue weighted by Crippen LogP contribution is 2.43. The van der Waals surface area contributed by atoms with E-state index in [1.54, 1.807) is 6.20 Å². The van der Waals surface area contributed by atoms with Crippen LogP contribution in [0.3, 0.4) is 0 Å². The Labute approximate surface area is 151 Å². The molecule has 0 spiro atoms. The molecule has 1 aromatic rings. The van der Waals surface area contributed by atoms with Gasteiger partial charge in [-0.2, -0.15) is 0 Å². The van der Waals surface area contributed by atoms with Crippen molar-refractivity contribution in [2.24, 2.45) is 0 Å². The van der Waals surface area contributed by atoms with Crippen molar-refractivity contribution in [2.45, 2.75) is 76.1 Å². The number of nitrogens with zero attached hydrogens (tertiary/aromatic N) is 2. The molecule has 0 aromatic carbocycles. The van der Waals surface area contributed by atoms with Gasteiger partial charge < -0.3 is 14.7 Å². The Morgan fingerprint density at radius 2 is 2.08 bits per heavy atom. The van der Waals surface area contributed by atoms with Crippen LogP contribution in [0, 0.1) is 0 Å². The van der Waals surface area contributed by atoms with E-state index in [0.717, 1.165) is 25.3 Å². The summed E-state index contributed by atoms with van der Waals surface area (Å²) in [7, 11) is 2.14. The second kappa shape index (κ2) is 7.22. The molecule has 2 fully saturated rings. The number of aliphatic hydroxyl groups is 1. The molecule has 1 aliphatic heterocycles. The van der Waals surface area contributed by atoms with E-state index in [2.05, 4.69) is 42.2 Å². The van der Waals surface area contributed by atoms with Crippen LogP contribution in [0.2, 0.25) is 0 Å². The van der Waals surface area contributed by atoms with Crippen molar-refractivity contribution in [3.05, 3.63) is 23.9 Å². The molecule has 1 unspecified atom stereocenters. The van der Waals surface area contributed by atoms with E-state index < -0.39 is 5.72 Å². The lowest BCUT2D eigenvalue weighted by Gasteiger charge is -2.38. The molecular formula is C20H33N3O2. The fourth-order valence-electron chi connectivity index (χ4n) is 3.99. The molecule has 2 aliphatic rings. The lowest BCUT2D eigenvalue weighted by atomic mass is 9.98. The normalized spacial score (nSPS) is 24.3. The Morgan fingerprint density at radius 3 is 2.72 bits per heavy atom. The highest BCUT2D eigenvalue weighted by molar-refractivity contribution is 5.32. The zero-order chi connectivity index (χ0) is 18.1. The molecule has 2 heterocycles. The molecule has 3 rings (SSSR count). The maximum atomic E-state index is 10.9. The standard InChI is InChI=1S/C20H33N3O2/c1-19(2,22-20(3,24)13-16-7-6-12-23(16)4)14-25-18-17(15-9-10-15)8-5-11-21-18/h5,8,11,15-16,22,24H,6-7,9-10,12-14H2,1-4H3/t16-,20?/m1/s1. The summed E-state index contributed by atoms with van der Waals surface area (Å²) < 4.78 is 6.05. The third-order valence-electron chi connectivity index (χ3n) is 5.30. The first-order valence-corrected chi connectivity index (χ1v) is 9.55. The number of rotatable bonds is 8. The summed E-state index contributed by atoms with van der Waals surface area (Å²) >= 11 is 0. The van der Waals surface area contributed by atoms with Crippen molar-refractivity contribution in [1.29, 1.82) is 0 Å². The minimum Gasteiger partial charge on any atom is -0.476 e. The van der Waals surface area contributed by atoms with Gasteiger partial charge in [0.05, 0.1) is 0 Å². The van der Waals surface area contributed by atoms with Crippen molar-refractivity contribution in [3.8, 4) is 5.88 Å². The first kappa shape index (κ1) is 18.6. The summed E-state index contributed by atoms with van der Waals surface area (Å²) in [4.78, 5) is 6.76. The van der Waals surface area contributed by atoms with Gasteiger partial charge in [0, 0.05) is 29.8 Å². The molecule has 1 aromatic heterocycles. The molecule has 0 radical (unpaired) electrons. The lowest BCUT2D eigenvalue weighted by Crippen LogP contribution is -2.58. The van der Waals surface area contributed by atoms with Crippen LogP contribution in [0.4, 0.5) is 0 Å². The van der Waals surface area contributed by atoms with E-state index in [1.165, 1.54) is 24.8 Å². The summed E-state index contributed by atoms with van der Waals surface area (Å²) in [5.74, 6) is 1.36. The van der Waals surface area contributed by atoms with Crippen LogP contribution in [-0.2, 0) is 0 Å². The highest BCUT2D eigenvalue weighted by atomic mass is 16.5. The number of likely N-dealkylation sites (tertiary alicyclic amines) is 1. The van der Waals surface area contributed by atoms with Crippen molar-refractivity contribution in [2.75, 3.05) is 20.2 Å². The van der Waals surface area contributed by atoms with Gasteiger partial charge in [-0.1, -0.05) is 6.07 Å². The van der Waals surface area contributed by atoms with Crippen LogP contribution >= 0.6 is 0 Å². The first-order chi connectivity index (χ1) is 11.8. The van der Waals surface area contributed by atoms with Gasteiger partial charge in [-0.3, -0.25) is 5.32 Å². The monoisotopic (exact) mass is 347 g/mol. The molecular weight excluding hydrogens is 314 g/mol. The molecule has 25 heavy (non-hydrogen) atoms. The van der Waals surface area contributed by atoms with Crippen LogP contribution in [0.1, 0.15) is 64.4 Å². The van der Waals surface area contributed by atoms with E-state index in [1.807, 2.05) is 13.0 Å². The van der Waals surface area contributed by atoms with Gasteiger partial charge in [-0.25, -0.2) is 4.98 Å². The molecule has 5 nitrogen and oxygen atoms in total. The Hall–Kier alpha value is -1.17. The molecule has 140 valence electrons. The summed E-state index contributed by atoms with van der Waals surface area (Å²) in [6.07, 6.45) is 7.34. The maximum absolute atomic E-state index is 10.9. The maximum Gasteiger partial charge on any atom is 0.216 e. The molecule has 2 atom stereocenters. The van der Waals surface area contributed by atoms with Gasteiger partial charge in [0.25, 0.3) is 0 Å². The van der Waals surface area contributed by atoms with Gasteiger partial charge >= 0.3 is 0 Å². The fraction of sp³-hybridized carbons (Fsp3) is 0.750. The molecule has 0 bridgehead atoms. The van der Waals surface area contributed by atoms with Crippen LogP contribution < -0.4 is 10.1 Å². The number of ether oxygens (including phenoxy) is 1. The van der Waals surface area contributed by atoms with E-state index >= 15 is 0 Å². The van der Waals surface area contributed by atoms with Crippen LogP contribution in [0.5, 0.6) is 5.88 Å². The summed E-state index contributed by atoms with van der Waals surface area (Å²) in [5.41, 5.74) is -0.0453. The number of pyridine rings is 1. The van der Waals surface area contributed by atoms with E-state index in [-0.39, 0.29) is 5.54 Å². The van der Waals surface area contributed by atoms with E-state index in [9.17, 15) is 5.11 Å². The third kappa shape index (κ3) is 5.16. The number of hydrogen-bond acceptors (Lipinski definition) is 5. The van der Waals surface area contributed by atoms with Crippen LogP contribution in [0.15, 0.2) is 18.3 Å². The summed E-state index contributed by atoms with van der Waals surface area (Å²) in [6.45, 7) is 7.60. The second-order valence-electron chi connectivity index (χ2n) is 8.72. The van der Waals surface area contributed by atoms with E-state index in [0.29, 0.717) is 18.6 Å². The van der Waals surface area contributed by atoms with Crippen molar-refractivity contribution in [3.63, 3.8) is 0 Å². The largest absolute Gasteiger partial charge is 0.476 e. The van der Waals surface area contributed by atoms with Gasteiger partial charge in [0.1, 0.15) is 12.3 Å². The second-order valence-corrected chi connectivity index (χ2v) is 8.72. The summed E-state index contributed by atoms with van der Waals surface area (Å²) in [6, 6.07) is 4.54. The van der Waals surface area contributed by atoms with Crippen molar-refractivity contribution in [1.82, 2.24) is 15.2 Å². The van der Waals surface area contributed by atoms with Gasteiger partial charge in [0.2, 0.25) is 5.88 Å². The number of hydrogen-bond donors (Lipinski definition) is 2. The SMILES string of the molecule is CN1CCC[C@@H]1CC(C)(O)NC(C)(C)COc1ncccc1C1CC1. The topological polar surface area (TPSA) is 57.6 Å². The quantitative estimate of drug-likeness (QED) is 0.708. The highest BCUT2D eigenvalue weighted by Gasteiger charge is 2.35. The zero-order valence-electron chi connectivity index (χ0n) is 16.1. The molecule has 2 N–H and O–H groups in total. The van der Waals surface area contributed by atoms with Gasteiger partial charge in [-0.15, -0.1) is 0 Å². The van der Waals surface area contributed by atoms with E-state index in [4.69, 9.17) is 4.74 Å². The predicted octanol–water partition coefficient (Wildman–Crippen LogP) is 2.90. The number of nitrogens with one attached hydrogen (secondary N) is 1. The molecule has 0 amide bonds. The molecule has 1 aliphatic carbocycles. The fourth-order valence-corrected chi connectivity index (χ4v) is 3.99. The van der Waals surface area contributed by atoms with Crippen LogP contribution in [-0.4, -0.2) is 52.5 Å². The van der Waals surface area contributed by atoms with Crippen molar-refractivity contribution >= 4 is 0 Å². The third-order valence-corrected chi connectivity index (χ3v) is 5.30. The molecule has 1 saturated carbocycles. The smallest absolute Gasteiger partial charge is 0.216 e. The Kier molecular flexibility index (Phi) is 5.37. The average Bonchev–Trinajstić information content (AvgIpc) is 3.29.